The molecule has 11 nitrogen and oxygen atoms in total. The molecule has 1 aromatic carbocycles. The van der Waals surface area contributed by atoms with Crippen LogP contribution in [0.2, 0.25) is 0 Å². The molecule has 2 aromatic rings. The maximum absolute atomic E-state index is 12.6. The van der Waals surface area contributed by atoms with Crippen LogP contribution < -0.4 is 15.6 Å². The quantitative estimate of drug-likeness (QED) is 0.455. The Hall–Kier alpha value is -3.12. The molecule has 2 saturated heterocycles. The first-order chi connectivity index (χ1) is 15.8. The van der Waals surface area contributed by atoms with Gasteiger partial charge < -0.3 is 15.0 Å². The molecule has 0 bridgehead atoms. The zero-order valence-corrected chi connectivity index (χ0v) is 19.6. The average Bonchev–Trinajstić information content (AvgIpc) is 3.33. The monoisotopic (exact) mass is 473 g/mol. The van der Waals surface area contributed by atoms with Crippen LogP contribution in [0.15, 0.2) is 29.4 Å². The number of rotatable bonds is 7. The Morgan fingerprint density at radius 3 is 2.70 bits per heavy atom. The highest BCUT2D eigenvalue weighted by molar-refractivity contribution is 7.99. The number of thioether (sulfide) groups is 1. The summed E-state index contributed by atoms with van der Waals surface area (Å²) < 4.78 is 7.37. The number of hydrazine groups is 1. The topological polar surface area (TPSA) is 122 Å². The number of aromatic nitrogens is 3. The number of benzene rings is 1. The summed E-state index contributed by atoms with van der Waals surface area (Å²) >= 11 is 1.18. The van der Waals surface area contributed by atoms with E-state index in [4.69, 9.17) is 4.74 Å². The second-order valence-electron chi connectivity index (χ2n) is 8.14. The van der Waals surface area contributed by atoms with Gasteiger partial charge in [-0.05, 0) is 38.0 Å². The number of hydrogen-bond acceptors (Lipinski definition) is 8. The number of hydrogen-bond donors (Lipinski definition) is 2. The number of nitrogens with one attached hydrogen (secondary N) is 2. The van der Waals surface area contributed by atoms with Crippen LogP contribution in [0.1, 0.15) is 25.8 Å². The Labute approximate surface area is 195 Å². The van der Waals surface area contributed by atoms with E-state index in [0.29, 0.717) is 43.8 Å². The van der Waals surface area contributed by atoms with Gasteiger partial charge in [0.25, 0.3) is 5.91 Å². The van der Waals surface area contributed by atoms with Crippen molar-refractivity contribution in [3.8, 4) is 5.69 Å². The van der Waals surface area contributed by atoms with Gasteiger partial charge in [0.2, 0.25) is 11.9 Å². The van der Waals surface area contributed by atoms with Crippen molar-refractivity contribution in [2.24, 2.45) is 0 Å². The maximum Gasteiger partial charge on any atom is 0.344 e. The molecule has 33 heavy (non-hydrogen) atoms. The Bertz CT molecular complexity index is 1070. The van der Waals surface area contributed by atoms with Gasteiger partial charge in [-0.1, -0.05) is 30.8 Å². The van der Waals surface area contributed by atoms with Crippen LogP contribution in [-0.2, 0) is 14.3 Å². The minimum absolute atomic E-state index is 0.0487. The number of aryl methyl sites for hydroxylation is 1. The second-order valence-corrected chi connectivity index (χ2v) is 9.08. The molecular weight excluding hydrogens is 446 g/mol. The number of carbonyl (C=O) groups is 3. The Balaban J connectivity index is 1.51. The summed E-state index contributed by atoms with van der Waals surface area (Å²) in [6, 6.07) is 7.31. The van der Waals surface area contributed by atoms with Crippen LogP contribution in [0, 0.1) is 6.92 Å². The third-order valence-corrected chi connectivity index (χ3v) is 6.64. The molecule has 0 saturated carbocycles. The Kier molecular flexibility index (Phi) is 6.56. The average molecular weight is 474 g/mol. The van der Waals surface area contributed by atoms with E-state index in [1.54, 1.807) is 13.8 Å². The molecule has 0 spiro atoms. The summed E-state index contributed by atoms with van der Waals surface area (Å²) in [4.78, 5) is 39.3. The van der Waals surface area contributed by atoms with E-state index in [1.165, 1.54) is 11.8 Å². The molecule has 2 aliphatic heterocycles. The van der Waals surface area contributed by atoms with Gasteiger partial charge in [0, 0.05) is 13.1 Å². The van der Waals surface area contributed by atoms with Crippen LogP contribution in [0.4, 0.5) is 10.7 Å². The molecule has 2 aliphatic rings. The SMILES string of the molecule is CCC1(C)NC(=O)N(NC(=O)CSc2nnc(N3CCOCC3)n2-c2cccc(C)c2)C1=O. The van der Waals surface area contributed by atoms with Crippen LogP contribution in [0.25, 0.3) is 5.69 Å². The van der Waals surface area contributed by atoms with Gasteiger partial charge in [0.1, 0.15) is 5.54 Å². The normalized spacial score (nSPS) is 20.8. The number of morpholine rings is 1. The van der Waals surface area contributed by atoms with Gasteiger partial charge >= 0.3 is 6.03 Å². The van der Waals surface area contributed by atoms with Gasteiger partial charge in [-0.25, -0.2) is 4.79 Å². The van der Waals surface area contributed by atoms with Gasteiger partial charge in [0.05, 0.1) is 24.7 Å². The predicted octanol–water partition coefficient (Wildman–Crippen LogP) is 1.26. The van der Waals surface area contributed by atoms with Crippen LogP contribution in [0.5, 0.6) is 0 Å². The third kappa shape index (κ3) is 4.67. The van der Waals surface area contributed by atoms with E-state index in [2.05, 4.69) is 25.8 Å². The molecule has 4 rings (SSSR count). The molecule has 2 fully saturated rings. The first-order valence-corrected chi connectivity index (χ1v) is 11.7. The number of nitrogens with zero attached hydrogens (tertiary/aromatic N) is 5. The van der Waals surface area contributed by atoms with Crippen molar-refractivity contribution in [2.45, 2.75) is 37.9 Å². The number of carbonyl (C=O) groups excluding carboxylic acids is 3. The van der Waals surface area contributed by atoms with Crippen molar-refractivity contribution >= 4 is 35.6 Å². The summed E-state index contributed by atoms with van der Waals surface area (Å²) in [5, 5.41) is 12.6. The van der Waals surface area contributed by atoms with E-state index >= 15 is 0 Å². The van der Waals surface area contributed by atoms with Crippen LogP contribution in [-0.4, -0.2) is 75.2 Å². The predicted molar refractivity (Wildman–Crippen MR) is 122 cm³/mol. The van der Waals surface area contributed by atoms with Crippen molar-refractivity contribution in [3.05, 3.63) is 29.8 Å². The summed E-state index contributed by atoms with van der Waals surface area (Å²) in [6.45, 7) is 8.02. The van der Waals surface area contributed by atoms with E-state index in [-0.39, 0.29) is 5.75 Å². The molecule has 2 N–H and O–H groups in total. The lowest BCUT2D eigenvalue weighted by Gasteiger charge is -2.28. The second kappa shape index (κ2) is 9.40. The molecular formula is C21H27N7O4S. The number of imide groups is 1. The van der Waals surface area contributed by atoms with Crippen molar-refractivity contribution in [2.75, 3.05) is 37.0 Å². The highest BCUT2D eigenvalue weighted by Gasteiger charge is 2.47. The molecule has 0 radical (unpaired) electrons. The molecule has 12 heteroatoms. The Morgan fingerprint density at radius 2 is 2.03 bits per heavy atom. The molecule has 4 amide bonds. The number of anilines is 1. The zero-order chi connectivity index (χ0) is 23.6. The van der Waals surface area contributed by atoms with E-state index in [1.807, 2.05) is 35.8 Å². The van der Waals surface area contributed by atoms with Crippen LogP contribution in [0.3, 0.4) is 0 Å². The summed E-state index contributed by atoms with van der Waals surface area (Å²) in [5.74, 6) is -0.339. The smallest absolute Gasteiger partial charge is 0.344 e. The lowest BCUT2D eigenvalue weighted by Crippen LogP contribution is -2.49. The lowest BCUT2D eigenvalue weighted by molar-refractivity contribution is -0.137. The number of ether oxygens (including phenoxy) is 1. The minimum Gasteiger partial charge on any atom is -0.378 e. The van der Waals surface area contributed by atoms with Crippen molar-refractivity contribution in [1.29, 1.82) is 0 Å². The fraction of sp³-hybridized carbons (Fsp3) is 0.476. The molecule has 1 unspecified atom stereocenters. The fourth-order valence-electron chi connectivity index (χ4n) is 3.63. The molecule has 176 valence electrons. The highest BCUT2D eigenvalue weighted by atomic mass is 32.2. The van der Waals surface area contributed by atoms with E-state index < -0.39 is 23.4 Å². The molecule has 1 aromatic heterocycles. The lowest BCUT2D eigenvalue weighted by atomic mass is 10.00. The molecule has 1 atom stereocenters. The van der Waals surface area contributed by atoms with Crippen molar-refractivity contribution in [3.63, 3.8) is 0 Å². The van der Waals surface area contributed by atoms with Crippen molar-refractivity contribution < 1.29 is 19.1 Å². The number of urea groups is 1. The fourth-order valence-corrected chi connectivity index (χ4v) is 4.37. The maximum atomic E-state index is 12.6. The first kappa shape index (κ1) is 23.1. The van der Waals surface area contributed by atoms with Gasteiger partial charge in [-0.3, -0.25) is 19.6 Å². The first-order valence-electron chi connectivity index (χ1n) is 10.8. The van der Waals surface area contributed by atoms with Crippen molar-refractivity contribution in [1.82, 2.24) is 30.5 Å². The zero-order valence-electron chi connectivity index (χ0n) is 18.8. The highest BCUT2D eigenvalue weighted by Crippen LogP contribution is 2.28. The van der Waals surface area contributed by atoms with Crippen LogP contribution >= 0.6 is 11.8 Å². The Morgan fingerprint density at radius 1 is 1.27 bits per heavy atom. The largest absolute Gasteiger partial charge is 0.378 e. The van der Waals surface area contributed by atoms with E-state index in [9.17, 15) is 14.4 Å². The number of amides is 4. The summed E-state index contributed by atoms with van der Waals surface area (Å²) in [7, 11) is 0. The molecule has 3 heterocycles. The van der Waals surface area contributed by atoms with Gasteiger partial charge in [-0.2, -0.15) is 5.01 Å². The summed E-state index contributed by atoms with van der Waals surface area (Å²) in [6.07, 6.45) is 0.419. The van der Waals surface area contributed by atoms with Gasteiger partial charge in [0.15, 0.2) is 5.16 Å². The standard InChI is InChI=1S/C21H27N7O4S/c1-4-21(3)17(30)28(19(31)22-21)25-16(29)13-33-20-24-23-18(26-8-10-32-11-9-26)27(20)15-7-5-6-14(2)12-15/h5-7,12H,4,8-11,13H2,1-3H3,(H,22,31)(H,25,29). The summed E-state index contributed by atoms with van der Waals surface area (Å²) in [5.41, 5.74) is 3.36. The third-order valence-electron chi connectivity index (χ3n) is 5.71. The van der Waals surface area contributed by atoms with E-state index in [0.717, 1.165) is 16.3 Å². The minimum atomic E-state index is -1.02. The van der Waals surface area contributed by atoms with Gasteiger partial charge in [-0.15, -0.1) is 10.2 Å². The molecule has 0 aliphatic carbocycles.